The van der Waals surface area contributed by atoms with Gasteiger partial charge < -0.3 is 10.2 Å². The van der Waals surface area contributed by atoms with E-state index >= 15 is 0 Å². The Bertz CT molecular complexity index is 275. The fraction of sp³-hybridized carbons (Fsp3) is 0.917. The van der Waals surface area contributed by atoms with Crippen molar-refractivity contribution in [2.24, 2.45) is 4.99 Å². The summed E-state index contributed by atoms with van der Waals surface area (Å²) in [6.45, 7) is 6.87. The minimum Gasteiger partial charge on any atom is -0.360 e. The molecule has 0 aromatic heterocycles. The molecule has 2 rings (SSSR count). The van der Waals surface area contributed by atoms with E-state index in [0.717, 1.165) is 11.7 Å². The van der Waals surface area contributed by atoms with Gasteiger partial charge in [0.2, 0.25) is 0 Å². The average molecular weight is 241 g/mol. The predicted octanol–water partition coefficient (Wildman–Crippen LogP) is 1.94. The fourth-order valence-corrected chi connectivity index (χ4v) is 3.65. The number of nitrogens with zero attached hydrogens (tertiary/aromatic N) is 2. The molecule has 3 nitrogen and oxygen atoms in total. The summed E-state index contributed by atoms with van der Waals surface area (Å²) >= 11 is 1.88. The molecule has 2 fully saturated rings. The van der Waals surface area contributed by atoms with Gasteiger partial charge in [0.15, 0.2) is 5.17 Å². The summed E-state index contributed by atoms with van der Waals surface area (Å²) in [5, 5.41) is 4.71. The van der Waals surface area contributed by atoms with Crippen LogP contribution in [0.25, 0.3) is 0 Å². The third-order valence-corrected chi connectivity index (χ3v) is 4.20. The molecule has 0 aromatic carbocycles. The van der Waals surface area contributed by atoms with Gasteiger partial charge in [0.25, 0.3) is 0 Å². The SMILES string of the molecule is CN1CCCC(N=C2NC(C)(C)CCS2)C1. The number of likely N-dealkylation sites (N-methyl/N-ethyl adjacent to an activating group) is 1. The molecule has 92 valence electrons. The summed E-state index contributed by atoms with van der Waals surface area (Å²) in [6, 6.07) is 0.502. The molecule has 0 amide bonds. The molecule has 0 aliphatic carbocycles. The zero-order chi connectivity index (χ0) is 11.6. The highest BCUT2D eigenvalue weighted by molar-refractivity contribution is 8.13. The number of amidine groups is 1. The smallest absolute Gasteiger partial charge is 0.157 e. The highest BCUT2D eigenvalue weighted by Gasteiger charge is 2.25. The lowest BCUT2D eigenvalue weighted by molar-refractivity contribution is 0.252. The average Bonchev–Trinajstić information content (AvgIpc) is 2.15. The fourth-order valence-electron chi connectivity index (χ4n) is 2.27. The van der Waals surface area contributed by atoms with Gasteiger partial charge in [0.05, 0.1) is 6.04 Å². The van der Waals surface area contributed by atoms with Gasteiger partial charge in [-0.05, 0) is 46.7 Å². The van der Waals surface area contributed by atoms with Crippen LogP contribution in [0.2, 0.25) is 0 Å². The van der Waals surface area contributed by atoms with Crippen molar-refractivity contribution in [3.05, 3.63) is 0 Å². The standard InChI is InChI=1S/C12H23N3S/c1-12(2)6-8-16-11(14-12)13-10-5-4-7-15(3)9-10/h10H,4-9H2,1-3H3,(H,13,14). The van der Waals surface area contributed by atoms with Crippen molar-refractivity contribution in [1.29, 1.82) is 0 Å². The van der Waals surface area contributed by atoms with Crippen molar-refractivity contribution in [3.8, 4) is 0 Å². The minimum absolute atomic E-state index is 0.227. The molecule has 1 N–H and O–H groups in total. The van der Waals surface area contributed by atoms with Gasteiger partial charge in [-0.15, -0.1) is 0 Å². The van der Waals surface area contributed by atoms with Crippen molar-refractivity contribution >= 4 is 16.9 Å². The third-order valence-electron chi connectivity index (χ3n) is 3.31. The number of piperidine rings is 1. The molecule has 0 saturated carbocycles. The molecular formula is C12H23N3S. The first-order valence-electron chi connectivity index (χ1n) is 6.22. The number of rotatable bonds is 1. The van der Waals surface area contributed by atoms with Crippen LogP contribution in [0.5, 0.6) is 0 Å². The van der Waals surface area contributed by atoms with Crippen LogP contribution in [0.4, 0.5) is 0 Å². The quantitative estimate of drug-likeness (QED) is 0.760. The van der Waals surface area contributed by atoms with E-state index in [0.29, 0.717) is 6.04 Å². The molecule has 2 heterocycles. The Morgan fingerprint density at radius 3 is 3.00 bits per heavy atom. The predicted molar refractivity (Wildman–Crippen MR) is 72.2 cm³/mol. The molecule has 2 aliphatic heterocycles. The Kier molecular flexibility index (Phi) is 3.80. The van der Waals surface area contributed by atoms with E-state index in [1.165, 1.54) is 31.6 Å². The van der Waals surface area contributed by atoms with Gasteiger partial charge in [-0.1, -0.05) is 11.8 Å². The number of hydrogen-bond donors (Lipinski definition) is 1. The highest BCUT2D eigenvalue weighted by Crippen LogP contribution is 2.23. The van der Waals surface area contributed by atoms with Crippen molar-refractivity contribution in [3.63, 3.8) is 0 Å². The molecule has 0 aromatic rings. The molecule has 2 aliphatic rings. The summed E-state index contributed by atoms with van der Waals surface area (Å²) < 4.78 is 0. The number of aliphatic imine (C=N–C) groups is 1. The van der Waals surface area contributed by atoms with E-state index in [9.17, 15) is 0 Å². The first-order chi connectivity index (χ1) is 7.55. The third kappa shape index (κ3) is 3.39. The molecule has 2 saturated heterocycles. The molecule has 1 atom stereocenters. The maximum Gasteiger partial charge on any atom is 0.157 e. The van der Waals surface area contributed by atoms with E-state index < -0.39 is 0 Å². The Hall–Kier alpha value is -0.220. The topological polar surface area (TPSA) is 27.6 Å². The van der Waals surface area contributed by atoms with Crippen LogP contribution >= 0.6 is 11.8 Å². The van der Waals surface area contributed by atoms with Crippen LogP contribution in [0.3, 0.4) is 0 Å². The van der Waals surface area contributed by atoms with Gasteiger partial charge >= 0.3 is 0 Å². The van der Waals surface area contributed by atoms with Gasteiger partial charge in [0.1, 0.15) is 0 Å². The van der Waals surface area contributed by atoms with E-state index in [1.54, 1.807) is 0 Å². The largest absolute Gasteiger partial charge is 0.360 e. The Morgan fingerprint density at radius 2 is 2.31 bits per heavy atom. The van der Waals surface area contributed by atoms with Crippen LogP contribution in [0.1, 0.15) is 33.1 Å². The summed E-state index contributed by atoms with van der Waals surface area (Å²) in [5.41, 5.74) is 0.227. The van der Waals surface area contributed by atoms with E-state index in [2.05, 4.69) is 31.1 Å². The van der Waals surface area contributed by atoms with Crippen molar-refractivity contribution < 1.29 is 0 Å². The lowest BCUT2D eigenvalue weighted by Gasteiger charge is -2.34. The summed E-state index contributed by atoms with van der Waals surface area (Å²) in [5.74, 6) is 1.20. The summed E-state index contributed by atoms with van der Waals surface area (Å²) in [4.78, 5) is 7.25. The zero-order valence-electron chi connectivity index (χ0n) is 10.6. The second-order valence-corrected chi connectivity index (χ2v) is 6.68. The molecule has 0 spiro atoms. The van der Waals surface area contributed by atoms with Gasteiger partial charge in [-0.2, -0.15) is 0 Å². The summed E-state index contributed by atoms with van der Waals surface area (Å²) in [6.07, 6.45) is 3.75. The van der Waals surface area contributed by atoms with E-state index in [4.69, 9.17) is 4.99 Å². The first kappa shape index (κ1) is 12.2. The Balaban J connectivity index is 1.95. The lowest BCUT2D eigenvalue weighted by Crippen LogP contribution is -2.47. The van der Waals surface area contributed by atoms with E-state index in [-0.39, 0.29) is 5.54 Å². The summed E-state index contributed by atoms with van der Waals surface area (Å²) in [7, 11) is 2.19. The lowest BCUT2D eigenvalue weighted by atomic mass is 10.0. The number of hydrogen-bond acceptors (Lipinski definition) is 3. The minimum atomic E-state index is 0.227. The number of nitrogens with one attached hydrogen (secondary N) is 1. The second kappa shape index (κ2) is 4.96. The molecule has 1 unspecified atom stereocenters. The van der Waals surface area contributed by atoms with Crippen molar-refractivity contribution in [2.75, 3.05) is 25.9 Å². The van der Waals surface area contributed by atoms with Gasteiger partial charge in [0, 0.05) is 17.8 Å². The van der Waals surface area contributed by atoms with Crippen molar-refractivity contribution in [2.45, 2.75) is 44.7 Å². The van der Waals surface area contributed by atoms with Gasteiger partial charge in [-0.3, -0.25) is 4.99 Å². The first-order valence-corrected chi connectivity index (χ1v) is 7.21. The molecule has 0 radical (unpaired) electrons. The number of likely N-dealkylation sites (tertiary alicyclic amines) is 1. The Morgan fingerprint density at radius 1 is 1.50 bits per heavy atom. The molecule has 16 heavy (non-hydrogen) atoms. The van der Waals surface area contributed by atoms with Crippen LogP contribution in [-0.2, 0) is 0 Å². The second-order valence-electron chi connectivity index (χ2n) is 5.60. The number of thioether (sulfide) groups is 1. The Labute approximate surface area is 103 Å². The van der Waals surface area contributed by atoms with Crippen molar-refractivity contribution in [1.82, 2.24) is 10.2 Å². The zero-order valence-corrected chi connectivity index (χ0v) is 11.4. The normalized spacial score (nSPS) is 33.7. The van der Waals surface area contributed by atoms with Crippen LogP contribution < -0.4 is 5.32 Å². The monoisotopic (exact) mass is 241 g/mol. The van der Waals surface area contributed by atoms with Crippen LogP contribution in [0.15, 0.2) is 4.99 Å². The molecule has 0 bridgehead atoms. The molecular weight excluding hydrogens is 218 g/mol. The highest BCUT2D eigenvalue weighted by atomic mass is 32.2. The molecule has 4 heteroatoms. The van der Waals surface area contributed by atoms with Crippen LogP contribution in [-0.4, -0.2) is 47.5 Å². The maximum atomic E-state index is 4.87. The van der Waals surface area contributed by atoms with Crippen LogP contribution in [0, 0.1) is 0 Å². The van der Waals surface area contributed by atoms with E-state index in [1.807, 2.05) is 11.8 Å². The maximum absolute atomic E-state index is 4.87. The van der Waals surface area contributed by atoms with Gasteiger partial charge in [-0.25, -0.2) is 0 Å².